The molecule has 0 aliphatic heterocycles. The number of benzene rings is 1. The topological polar surface area (TPSA) is 20.2 Å². The van der Waals surface area contributed by atoms with Crippen LogP contribution in [0, 0.1) is 5.82 Å². The Balaban J connectivity index is 2.70. The van der Waals surface area contributed by atoms with Crippen molar-refractivity contribution in [2.75, 3.05) is 0 Å². The van der Waals surface area contributed by atoms with E-state index < -0.39 is 0 Å². The molecule has 0 saturated carbocycles. The first-order valence-electron chi connectivity index (χ1n) is 3.72. The molecule has 2 aromatic rings. The third-order valence-corrected chi connectivity index (χ3v) is 3.22. The van der Waals surface area contributed by atoms with E-state index in [1.807, 2.05) is 0 Å². The molecule has 1 nitrogen and oxygen atoms in total. The highest BCUT2D eigenvalue weighted by Crippen LogP contribution is 2.29. The maximum atomic E-state index is 13.0. The van der Waals surface area contributed by atoms with Gasteiger partial charge < -0.3 is 5.11 Å². The zero-order chi connectivity index (χ0) is 9.42. The fraction of sp³-hybridized carbons (Fsp3) is 0.111. The van der Waals surface area contributed by atoms with Crippen molar-refractivity contribution in [2.24, 2.45) is 0 Å². The molecular formula is C9H7FOS2. The highest BCUT2D eigenvalue weighted by molar-refractivity contribution is 7.80. The molecule has 1 aromatic carbocycles. The number of hydrogen-bond acceptors (Lipinski definition) is 3. The smallest absolute Gasteiger partial charge is 0.137 e. The standard InChI is InChI=1S/C9H7FOS2/c10-7-2-5-1-6(4-11)13-9(5)3-8(7)12/h1-3,11-12H,4H2. The molecule has 1 N–H and O–H groups in total. The molecule has 0 aliphatic rings. The average molecular weight is 214 g/mol. The van der Waals surface area contributed by atoms with Gasteiger partial charge in [-0.15, -0.1) is 24.0 Å². The summed E-state index contributed by atoms with van der Waals surface area (Å²) in [5, 5.41) is 9.70. The summed E-state index contributed by atoms with van der Waals surface area (Å²) in [6.45, 7) is 0.00285. The molecule has 13 heavy (non-hydrogen) atoms. The van der Waals surface area contributed by atoms with Gasteiger partial charge in [-0.05, 0) is 23.6 Å². The van der Waals surface area contributed by atoms with Crippen LogP contribution in [-0.4, -0.2) is 5.11 Å². The summed E-state index contributed by atoms with van der Waals surface area (Å²) in [6.07, 6.45) is 0. The van der Waals surface area contributed by atoms with Gasteiger partial charge in [-0.3, -0.25) is 0 Å². The van der Waals surface area contributed by atoms with Crippen LogP contribution in [0.25, 0.3) is 10.1 Å². The Morgan fingerprint density at radius 2 is 2.15 bits per heavy atom. The normalized spacial score (nSPS) is 11.0. The Morgan fingerprint density at radius 3 is 2.85 bits per heavy atom. The van der Waals surface area contributed by atoms with E-state index in [0.717, 1.165) is 15.0 Å². The third kappa shape index (κ3) is 1.57. The first-order valence-corrected chi connectivity index (χ1v) is 4.99. The van der Waals surface area contributed by atoms with Crippen molar-refractivity contribution in [3.05, 3.63) is 28.9 Å². The van der Waals surface area contributed by atoms with Gasteiger partial charge in [0, 0.05) is 14.5 Å². The molecule has 1 aromatic heterocycles. The number of aliphatic hydroxyl groups excluding tert-OH is 1. The van der Waals surface area contributed by atoms with Gasteiger partial charge in [0.25, 0.3) is 0 Å². The summed E-state index contributed by atoms with van der Waals surface area (Å²) in [4.78, 5) is 1.19. The van der Waals surface area contributed by atoms with Crippen molar-refractivity contribution in [1.29, 1.82) is 0 Å². The highest BCUT2D eigenvalue weighted by Gasteiger charge is 2.04. The fourth-order valence-corrected chi connectivity index (χ4v) is 2.41. The van der Waals surface area contributed by atoms with Crippen LogP contribution in [0.3, 0.4) is 0 Å². The van der Waals surface area contributed by atoms with Crippen LogP contribution < -0.4 is 0 Å². The maximum absolute atomic E-state index is 13.0. The van der Waals surface area contributed by atoms with Gasteiger partial charge in [-0.25, -0.2) is 4.39 Å². The lowest BCUT2D eigenvalue weighted by Crippen LogP contribution is -1.75. The van der Waals surface area contributed by atoms with E-state index in [4.69, 9.17) is 5.11 Å². The molecule has 0 amide bonds. The maximum Gasteiger partial charge on any atom is 0.137 e. The molecule has 0 atom stereocenters. The van der Waals surface area contributed by atoms with Crippen LogP contribution in [0.2, 0.25) is 0 Å². The number of aliphatic hydroxyl groups is 1. The summed E-state index contributed by atoms with van der Waals surface area (Å²) >= 11 is 5.44. The summed E-state index contributed by atoms with van der Waals surface area (Å²) in [6, 6.07) is 4.90. The van der Waals surface area contributed by atoms with Crippen LogP contribution in [0.1, 0.15) is 4.88 Å². The third-order valence-electron chi connectivity index (χ3n) is 1.79. The van der Waals surface area contributed by atoms with E-state index in [0.29, 0.717) is 4.90 Å². The summed E-state index contributed by atoms with van der Waals surface area (Å²) in [5.41, 5.74) is 0. The summed E-state index contributed by atoms with van der Waals surface area (Å²) in [7, 11) is 0. The second-order valence-corrected chi connectivity index (χ2v) is 4.36. The zero-order valence-electron chi connectivity index (χ0n) is 6.62. The SMILES string of the molecule is OCc1cc2cc(F)c(S)cc2s1. The van der Waals surface area contributed by atoms with Crippen molar-refractivity contribution in [1.82, 2.24) is 0 Å². The van der Waals surface area contributed by atoms with E-state index >= 15 is 0 Å². The van der Waals surface area contributed by atoms with Gasteiger partial charge in [-0.2, -0.15) is 0 Å². The Kier molecular flexibility index (Phi) is 2.27. The molecule has 4 heteroatoms. The zero-order valence-corrected chi connectivity index (χ0v) is 8.33. The minimum Gasteiger partial charge on any atom is -0.391 e. The van der Waals surface area contributed by atoms with Gasteiger partial charge in [-0.1, -0.05) is 0 Å². The van der Waals surface area contributed by atoms with Crippen LogP contribution in [0.15, 0.2) is 23.1 Å². The molecule has 0 radical (unpaired) electrons. The molecule has 1 heterocycles. The number of halogens is 1. The second kappa shape index (κ2) is 3.29. The van der Waals surface area contributed by atoms with Crippen molar-refractivity contribution in [2.45, 2.75) is 11.5 Å². The molecule has 0 bridgehead atoms. The number of thiol groups is 1. The van der Waals surface area contributed by atoms with E-state index in [1.54, 1.807) is 12.1 Å². The first-order chi connectivity index (χ1) is 6.20. The molecule has 0 spiro atoms. The Hall–Kier alpha value is -0.580. The first kappa shape index (κ1) is 8.99. The van der Waals surface area contributed by atoms with E-state index in [1.165, 1.54) is 17.4 Å². The molecule has 68 valence electrons. The number of thiophene rings is 1. The van der Waals surface area contributed by atoms with E-state index in [-0.39, 0.29) is 12.4 Å². The van der Waals surface area contributed by atoms with Gasteiger partial charge in [0.15, 0.2) is 0 Å². The molecule has 0 saturated heterocycles. The van der Waals surface area contributed by atoms with E-state index in [9.17, 15) is 4.39 Å². The molecule has 0 aliphatic carbocycles. The summed E-state index contributed by atoms with van der Waals surface area (Å²) in [5.74, 6) is -0.321. The number of hydrogen-bond donors (Lipinski definition) is 2. The summed E-state index contributed by atoms with van der Waals surface area (Å²) < 4.78 is 14.0. The molecular weight excluding hydrogens is 207 g/mol. The minimum atomic E-state index is -0.321. The molecule has 2 rings (SSSR count). The number of rotatable bonds is 1. The van der Waals surface area contributed by atoms with Crippen molar-refractivity contribution < 1.29 is 9.50 Å². The van der Waals surface area contributed by atoms with Gasteiger partial charge in [0.1, 0.15) is 5.82 Å². The Labute approximate surface area is 84.2 Å². The Bertz CT molecular complexity index is 411. The van der Waals surface area contributed by atoms with Gasteiger partial charge >= 0.3 is 0 Å². The highest BCUT2D eigenvalue weighted by atomic mass is 32.1. The van der Waals surface area contributed by atoms with Crippen molar-refractivity contribution in [3.63, 3.8) is 0 Å². The van der Waals surface area contributed by atoms with Crippen molar-refractivity contribution >= 4 is 34.1 Å². The van der Waals surface area contributed by atoms with E-state index in [2.05, 4.69) is 12.6 Å². The van der Waals surface area contributed by atoms with Crippen molar-refractivity contribution in [3.8, 4) is 0 Å². The van der Waals surface area contributed by atoms with Crippen LogP contribution in [-0.2, 0) is 6.61 Å². The fourth-order valence-electron chi connectivity index (χ4n) is 1.18. The lowest BCUT2D eigenvalue weighted by molar-refractivity contribution is 0.285. The minimum absolute atomic E-state index is 0.00285. The van der Waals surface area contributed by atoms with Gasteiger partial charge in [0.2, 0.25) is 0 Å². The Morgan fingerprint density at radius 1 is 1.38 bits per heavy atom. The second-order valence-electron chi connectivity index (χ2n) is 2.71. The molecule has 0 fully saturated rings. The van der Waals surface area contributed by atoms with Crippen LogP contribution >= 0.6 is 24.0 Å². The van der Waals surface area contributed by atoms with Gasteiger partial charge in [0.05, 0.1) is 6.61 Å². The average Bonchev–Trinajstić information content (AvgIpc) is 2.48. The predicted molar refractivity (Wildman–Crippen MR) is 55.0 cm³/mol. The molecule has 0 unspecified atom stereocenters. The monoisotopic (exact) mass is 214 g/mol. The predicted octanol–water partition coefficient (Wildman–Crippen LogP) is 2.82. The van der Waals surface area contributed by atoms with Crippen LogP contribution in [0.5, 0.6) is 0 Å². The largest absolute Gasteiger partial charge is 0.391 e. The quantitative estimate of drug-likeness (QED) is 0.699. The number of fused-ring (bicyclic) bond motifs is 1. The lowest BCUT2D eigenvalue weighted by Gasteiger charge is -1.93. The van der Waals surface area contributed by atoms with Crippen LogP contribution in [0.4, 0.5) is 4.39 Å². The lowest BCUT2D eigenvalue weighted by atomic mass is 10.2.